The quantitative estimate of drug-likeness (QED) is 0.550. The standard InChI is InChI=1S/C21H22FN7O2/c1-30-17-6-12(22)7-18(31-15-4-2-13(24)3-5-15)21(17)16-8-19(29-28-16)27-20-11-25-14(9-23)10-26-20/h6-8,10-11,13,15H,2-5,24H2,1H3,(H2,26,27,28,29). The smallest absolute Gasteiger partial charge is 0.158 e. The van der Waals surface area contributed by atoms with Crippen LogP contribution >= 0.6 is 0 Å². The second-order valence-corrected chi connectivity index (χ2v) is 7.33. The first kappa shape index (κ1) is 20.6. The van der Waals surface area contributed by atoms with Crippen LogP contribution in [0.5, 0.6) is 11.5 Å². The topological polar surface area (TPSA) is 135 Å². The molecule has 0 unspecified atom stereocenters. The molecule has 160 valence electrons. The molecule has 4 N–H and O–H groups in total. The zero-order valence-electron chi connectivity index (χ0n) is 16.9. The average molecular weight is 423 g/mol. The first-order valence-corrected chi connectivity index (χ1v) is 9.90. The summed E-state index contributed by atoms with van der Waals surface area (Å²) in [6, 6.07) is 6.50. The Morgan fingerprint density at radius 1 is 1.13 bits per heavy atom. The van der Waals surface area contributed by atoms with Gasteiger partial charge in [0.2, 0.25) is 0 Å². The molecule has 1 aromatic carbocycles. The van der Waals surface area contributed by atoms with Crippen molar-refractivity contribution in [3.63, 3.8) is 0 Å². The van der Waals surface area contributed by atoms with E-state index in [1.807, 2.05) is 6.07 Å². The van der Waals surface area contributed by atoms with E-state index in [1.54, 1.807) is 6.07 Å². The number of anilines is 2. The van der Waals surface area contributed by atoms with Crippen molar-refractivity contribution in [2.45, 2.75) is 37.8 Å². The highest BCUT2D eigenvalue weighted by Gasteiger charge is 2.24. The first-order chi connectivity index (χ1) is 15.1. The molecule has 0 spiro atoms. The van der Waals surface area contributed by atoms with E-state index in [1.165, 1.54) is 31.6 Å². The molecule has 2 aromatic heterocycles. The van der Waals surface area contributed by atoms with Crippen LogP contribution in [0.2, 0.25) is 0 Å². The van der Waals surface area contributed by atoms with E-state index in [4.69, 9.17) is 20.5 Å². The molecule has 1 fully saturated rings. The van der Waals surface area contributed by atoms with Crippen molar-refractivity contribution in [2.75, 3.05) is 12.4 Å². The summed E-state index contributed by atoms with van der Waals surface area (Å²) in [6.45, 7) is 0. The molecule has 0 aliphatic heterocycles. The van der Waals surface area contributed by atoms with Gasteiger partial charge in [-0.1, -0.05) is 0 Å². The van der Waals surface area contributed by atoms with Crippen LogP contribution in [0.25, 0.3) is 11.3 Å². The predicted molar refractivity (Wildman–Crippen MR) is 111 cm³/mol. The summed E-state index contributed by atoms with van der Waals surface area (Å²) in [5.74, 6) is 1.16. The van der Waals surface area contributed by atoms with Crippen molar-refractivity contribution >= 4 is 11.6 Å². The molecular formula is C21H22FN7O2. The van der Waals surface area contributed by atoms with Crippen molar-refractivity contribution in [2.24, 2.45) is 5.73 Å². The van der Waals surface area contributed by atoms with Gasteiger partial charge in [-0.2, -0.15) is 10.4 Å². The largest absolute Gasteiger partial charge is 0.496 e. The molecule has 1 aliphatic rings. The second-order valence-electron chi connectivity index (χ2n) is 7.33. The van der Waals surface area contributed by atoms with Gasteiger partial charge in [0.1, 0.15) is 29.2 Å². The molecule has 9 nitrogen and oxygen atoms in total. The molecule has 2 heterocycles. The minimum atomic E-state index is -0.450. The average Bonchev–Trinajstić information content (AvgIpc) is 3.23. The normalized spacial score (nSPS) is 18.3. The SMILES string of the molecule is COc1cc(F)cc(OC2CCC(N)CC2)c1-c1cc(Nc2cnc(C#N)cn2)n[nH]1. The Morgan fingerprint density at radius 3 is 2.58 bits per heavy atom. The number of hydrogen-bond donors (Lipinski definition) is 3. The van der Waals surface area contributed by atoms with Crippen molar-refractivity contribution in [3.05, 3.63) is 42.1 Å². The predicted octanol–water partition coefficient (Wildman–Crippen LogP) is 3.28. The fourth-order valence-electron chi connectivity index (χ4n) is 3.56. The molecule has 1 aliphatic carbocycles. The molecule has 1 saturated carbocycles. The summed E-state index contributed by atoms with van der Waals surface area (Å²) < 4.78 is 25.8. The third-order valence-electron chi connectivity index (χ3n) is 5.13. The number of aromatic nitrogens is 4. The first-order valence-electron chi connectivity index (χ1n) is 9.90. The number of aromatic amines is 1. The molecule has 0 amide bonds. The number of hydrogen-bond acceptors (Lipinski definition) is 8. The minimum Gasteiger partial charge on any atom is -0.496 e. The van der Waals surface area contributed by atoms with Gasteiger partial charge in [0.25, 0.3) is 0 Å². The van der Waals surface area contributed by atoms with Crippen LogP contribution in [0, 0.1) is 17.1 Å². The lowest BCUT2D eigenvalue weighted by molar-refractivity contribution is 0.147. The number of rotatable bonds is 6. The van der Waals surface area contributed by atoms with E-state index in [9.17, 15) is 4.39 Å². The van der Waals surface area contributed by atoms with Crippen molar-refractivity contribution in [1.29, 1.82) is 5.26 Å². The summed E-state index contributed by atoms with van der Waals surface area (Å²) in [5, 5.41) is 19.0. The summed E-state index contributed by atoms with van der Waals surface area (Å²) >= 11 is 0. The summed E-state index contributed by atoms with van der Waals surface area (Å²) in [4.78, 5) is 8.08. The molecule has 0 atom stereocenters. The van der Waals surface area contributed by atoms with Crippen molar-refractivity contribution in [1.82, 2.24) is 20.2 Å². The van der Waals surface area contributed by atoms with Crippen LogP contribution in [0.15, 0.2) is 30.6 Å². The van der Waals surface area contributed by atoms with Gasteiger partial charge in [-0.3, -0.25) is 5.10 Å². The highest BCUT2D eigenvalue weighted by molar-refractivity contribution is 5.76. The van der Waals surface area contributed by atoms with Gasteiger partial charge in [-0.05, 0) is 25.7 Å². The number of nitrogens with one attached hydrogen (secondary N) is 2. The van der Waals surface area contributed by atoms with Crippen molar-refractivity contribution in [3.8, 4) is 28.8 Å². The lowest BCUT2D eigenvalue weighted by Crippen LogP contribution is -2.31. The van der Waals surface area contributed by atoms with Gasteiger partial charge < -0.3 is 20.5 Å². The molecule has 0 saturated heterocycles. The summed E-state index contributed by atoms with van der Waals surface area (Å²) in [5.41, 5.74) is 7.36. The number of H-pyrrole nitrogens is 1. The summed E-state index contributed by atoms with van der Waals surface area (Å²) in [7, 11) is 1.48. The number of nitrogens with zero attached hydrogens (tertiary/aromatic N) is 4. The van der Waals surface area contributed by atoms with Crippen LogP contribution in [0.3, 0.4) is 0 Å². The van der Waals surface area contributed by atoms with E-state index in [0.29, 0.717) is 34.4 Å². The minimum absolute atomic E-state index is 0.0421. The Hall–Kier alpha value is -3.71. The molecule has 10 heteroatoms. The van der Waals surface area contributed by atoms with Crippen LogP contribution in [0.4, 0.5) is 16.0 Å². The fraction of sp³-hybridized carbons (Fsp3) is 0.333. The third kappa shape index (κ3) is 4.73. The Balaban J connectivity index is 1.61. The fourth-order valence-corrected chi connectivity index (χ4v) is 3.56. The number of nitriles is 1. The molecule has 0 radical (unpaired) electrons. The van der Waals surface area contributed by atoms with Gasteiger partial charge in [0.05, 0.1) is 36.9 Å². The Bertz CT molecular complexity index is 1090. The number of nitrogens with two attached hydrogens (primary N) is 1. The van der Waals surface area contributed by atoms with E-state index in [-0.39, 0.29) is 17.8 Å². The number of methoxy groups -OCH3 is 1. The van der Waals surface area contributed by atoms with Crippen LogP contribution in [-0.4, -0.2) is 39.4 Å². The van der Waals surface area contributed by atoms with Gasteiger partial charge in [0, 0.05) is 24.2 Å². The Morgan fingerprint density at radius 2 is 1.90 bits per heavy atom. The van der Waals surface area contributed by atoms with Crippen LogP contribution in [0.1, 0.15) is 31.4 Å². The van der Waals surface area contributed by atoms with Crippen LogP contribution in [-0.2, 0) is 0 Å². The van der Waals surface area contributed by atoms with Gasteiger partial charge >= 0.3 is 0 Å². The van der Waals surface area contributed by atoms with E-state index in [0.717, 1.165) is 25.7 Å². The lowest BCUT2D eigenvalue weighted by Gasteiger charge is -2.27. The zero-order chi connectivity index (χ0) is 21.8. The summed E-state index contributed by atoms with van der Waals surface area (Å²) in [6.07, 6.45) is 6.12. The van der Waals surface area contributed by atoms with E-state index >= 15 is 0 Å². The Labute approximate surface area is 178 Å². The highest BCUT2D eigenvalue weighted by atomic mass is 19.1. The number of ether oxygens (including phenoxy) is 2. The van der Waals surface area contributed by atoms with Gasteiger partial charge in [-0.15, -0.1) is 0 Å². The molecule has 4 rings (SSSR count). The monoisotopic (exact) mass is 423 g/mol. The van der Waals surface area contributed by atoms with E-state index in [2.05, 4.69) is 25.5 Å². The molecule has 0 bridgehead atoms. The maximum absolute atomic E-state index is 14.2. The lowest BCUT2D eigenvalue weighted by atomic mass is 9.93. The second kappa shape index (κ2) is 8.97. The Kier molecular flexibility index (Phi) is 5.95. The van der Waals surface area contributed by atoms with Crippen LogP contribution < -0.4 is 20.5 Å². The molecule has 3 aromatic rings. The molecular weight excluding hydrogens is 401 g/mol. The maximum atomic E-state index is 14.2. The number of benzene rings is 1. The van der Waals surface area contributed by atoms with Gasteiger partial charge in [-0.25, -0.2) is 14.4 Å². The molecule has 31 heavy (non-hydrogen) atoms. The zero-order valence-corrected chi connectivity index (χ0v) is 16.9. The number of halogens is 1. The third-order valence-corrected chi connectivity index (χ3v) is 5.13. The van der Waals surface area contributed by atoms with Crippen molar-refractivity contribution < 1.29 is 13.9 Å². The highest BCUT2D eigenvalue weighted by Crippen LogP contribution is 2.40. The maximum Gasteiger partial charge on any atom is 0.158 e. The van der Waals surface area contributed by atoms with Gasteiger partial charge in [0.15, 0.2) is 11.5 Å². The van der Waals surface area contributed by atoms with E-state index < -0.39 is 5.82 Å².